The zero-order valence-electron chi connectivity index (χ0n) is 16.1. The summed E-state index contributed by atoms with van der Waals surface area (Å²) >= 11 is 0. The summed E-state index contributed by atoms with van der Waals surface area (Å²) in [6, 6.07) is 4.73. The minimum atomic E-state index is -3.64. The summed E-state index contributed by atoms with van der Waals surface area (Å²) in [6.45, 7) is 6.81. The van der Waals surface area contributed by atoms with Gasteiger partial charge in [-0.1, -0.05) is 6.07 Å². The van der Waals surface area contributed by atoms with Crippen molar-refractivity contribution in [1.82, 2.24) is 0 Å². The van der Waals surface area contributed by atoms with Gasteiger partial charge < -0.3 is 24.1 Å². The normalized spacial score (nSPS) is 25.0. The SMILES string of the molecule is CCOP(=O)(OCC)c1ccc2c(c1)C(C)(C(=O)O)[N+](CC)(C(=O)[O-])CC2. The maximum Gasteiger partial charge on any atom is 0.370 e. The molecule has 1 aliphatic rings. The Morgan fingerprint density at radius 1 is 1.26 bits per heavy atom. The molecule has 0 fully saturated rings. The molecule has 150 valence electrons. The number of hydrogen-bond acceptors (Lipinski definition) is 6. The van der Waals surface area contributed by atoms with Crippen LogP contribution in [0.4, 0.5) is 4.79 Å². The molecule has 1 heterocycles. The predicted molar refractivity (Wildman–Crippen MR) is 96.7 cm³/mol. The Morgan fingerprint density at radius 3 is 2.30 bits per heavy atom. The molecule has 8 nitrogen and oxygen atoms in total. The van der Waals surface area contributed by atoms with Gasteiger partial charge in [-0.05, 0) is 38.5 Å². The Labute approximate surface area is 158 Å². The first-order chi connectivity index (χ1) is 12.6. The lowest BCUT2D eigenvalue weighted by atomic mass is 9.79. The lowest BCUT2D eigenvalue weighted by molar-refractivity contribution is -0.922. The van der Waals surface area contributed by atoms with Crippen molar-refractivity contribution in [1.29, 1.82) is 0 Å². The summed E-state index contributed by atoms with van der Waals surface area (Å²) in [5.74, 6) is -1.28. The highest BCUT2D eigenvalue weighted by molar-refractivity contribution is 7.62. The molecule has 1 aliphatic heterocycles. The molecule has 9 heteroatoms. The van der Waals surface area contributed by atoms with Crippen LogP contribution >= 0.6 is 7.60 Å². The second-order valence-electron chi connectivity index (χ2n) is 6.58. The third-order valence-electron chi connectivity index (χ3n) is 5.46. The first-order valence-corrected chi connectivity index (χ1v) is 10.5. The molecule has 2 rings (SSSR count). The lowest BCUT2D eigenvalue weighted by Crippen LogP contribution is -2.73. The van der Waals surface area contributed by atoms with E-state index in [0.29, 0.717) is 17.5 Å². The Hall–Kier alpha value is -1.73. The van der Waals surface area contributed by atoms with Gasteiger partial charge in [0.2, 0.25) is 5.54 Å². The van der Waals surface area contributed by atoms with Crippen LogP contribution in [0.25, 0.3) is 0 Å². The lowest BCUT2D eigenvalue weighted by Gasteiger charge is -2.51. The van der Waals surface area contributed by atoms with Crippen molar-refractivity contribution in [2.45, 2.75) is 39.7 Å². The van der Waals surface area contributed by atoms with Gasteiger partial charge in [-0.3, -0.25) is 9.05 Å². The number of hydrogen-bond donors (Lipinski definition) is 1. The second-order valence-corrected chi connectivity index (χ2v) is 8.60. The van der Waals surface area contributed by atoms with Crippen LogP contribution in [0.15, 0.2) is 18.2 Å². The zero-order chi connectivity index (χ0) is 20.5. The molecule has 0 saturated heterocycles. The molecule has 2 unspecified atom stereocenters. The Bertz CT molecular complexity index is 786. The summed E-state index contributed by atoms with van der Waals surface area (Å²) in [5.41, 5.74) is -0.795. The van der Waals surface area contributed by atoms with Gasteiger partial charge in [0.05, 0.1) is 31.6 Å². The average molecular weight is 399 g/mol. The molecule has 0 spiro atoms. The number of fused-ring (bicyclic) bond motifs is 1. The third-order valence-corrected chi connectivity index (χ3v) is 7.56. The fraction of sp³-hybridized carbons (Fsp3) is 0.556. The number of carboxylic acid groups (broad SMARTS) is 2. The number of nitrogens with zero attached hydrogens (tertiary/aromatic N) is 1. The van der Waals surface area contributed by atoms with Crippen molar-refractivity contribution in [2.75, 3.05) is 26.3 Å². The maximum atomic E-state index is 13.1. The molecule has 0 aromatic heterocycles. The fourth-order valence-electron chi connectivity index (χ4n) is 3.87. The van der Waals surface area contributed by atoms with Crippen molar-refractivity contribution in [2.24, 2.45) is 0 Å². The van der Waals surface area contributed by atoms with Gasteiger partial charge in [-0.25, -0.2) is 4.79 Å². The van der Waals surface area contributed by atoms with Crippen LogP contribution in [-0.4, -0.2) is 48.0 Å². The minimum absolute atomic E-state index is 0.0450. The fourth-order valence-corrected chi connectivity index (χ4v) is 5.47. The van der Waals surface area contributed by atoms with Crippen molar-refractivity contribution < 1.29 is 37.9 Å². The largest absolute Gasteiger partial charge is 0.498 e. The number of carboxylic acids is 1. The van der Waals surface area contributed by atoms with Gasteiger partial charge in [0, 0.05) is 18.9 Å². The van der Waals surface area contributed by atoms with E-state index in [-0.39, 0.29) is 31.6 Å². The van der Waals surface area contributed by atoms with E-state index in [9.17, 15) is 24.4 Å². The summed E-state index contributed by atoms with van der Waals surface area (Å²) in [7, 11) is -3.64. The standard InChI is InChI=1S/C18H26NO7P/c1-5-19(17(22)23)11-10-13-8-9-14(27(24,25-6-2)26-7-3)12-15(13)18(19,4)16(20)21/h8-9,12H,5-7,10-11H2,1-4H3,(H-,20,21,22,23). The van der Waals surface area contributed by atoms with Crippen molar-refractivity contribution in [3.8, 4) is 0 Å². The van der Waals surface area contributed by atoms with E-state index in [4.69, 9.17) is 9.05 Å². The smallest absolute Gasteiger partial charge is 0.370 e. The molecule has 1 aromatic rings. The number of rotatable bonds is 7. The molecule has 1 amide bonds. The Morgan fingerprint density at radius 2 is 1.85 bits per heavy atom. The van der Waals surface area contributed by atoms with Crippen LogP contribution in [0, 0.1) is 0 Å². The number of carbonyl (C=O) groups excluding carboxylic acids is 1. The first-order valence-electron chi connectivity index (χ1n) is 8.98. The molecule has 1 N–H and O–H groups in total. The number of benzene rings is 1. The summed E-state index contributed by atoms with van der Waals surface area (Å²) in [5, 5.41) is 22.3. The van der Waals surface area contributed by atoms with Gasteiger partial charge in [-0.15, -0.1) is 0 Å². The van der Waals surface area contributed by atoms with Gasteiger partial charge in [0.1, 0.15) is 0 Å². The molecule has 2 atom stereocenters. The molecule has 0 bridgehead atoms. The van der Waals surface area contributed by atoms with Crippen molar-refractivity contribution in [3.05, 3.63) is 29.3 Å². The van der Waals surface area contributed by atoms with Gasteiger partial charge in [-0.2, -0.15) is 0 Å². The van der Waals surface area contributed by atoms with Crippen LogP contribution < -0.4 is 10.4 Å². The van der Waals surface area contributed by atoms with Crippen molar-refractivity contribution in [3.63, 3.8) is 0 Å². The van der Waals surface area contributed by atoms with E-state index in [0.717, 1.165) is 0 Å². The van der Waals surface area contributed by atoms with E-state index in [1.165, 1.54) is 13.0 Å². The van der Waals surface area contributed by atoms with Crippen LogP contribution in [0.5, 0.6) is 0 Å². The molecular formula is C18H26NO7P. The number of aliphatic carboxylic acids is 1. The summed E-state index contributed by atoms with van der Waals surface area (Å²) < 4.78 is 23.1. The van der Waals surface area contributed by atoms with E-state index >= 15 is 0 Å². The molecule has 0 radical (unpaired) electrons. The number of likely N-dealkylation sites (N-methyl/N-ethyl adjacent to an activating group) is 1. The number of quaternary nitrogens is 1. The summed E-state index contributed by atoms with van der Waals surface area (Å²) in [6.07, 6.45) is -1.08. The van der Waals surface area contributed by atoms with Gasteiger partial charge in [0.25, 0.3) is 6.09 Å². The van der Waals surface area contributed by atoms with E-state index in [1.54, 1.807) is 32.9 Å². The quantitative estimate of drug-likeness (QED) is 0.547. The van der Waals surface area contributed by atoms with Gasteiger partial charge >= 0.3 is 13.6 Å². The Kier molecular flexibility index (Phi) is 6.16. The monoisotopic (exact) mass is 399 g/mol. The molecule has 1 aromatic carbocycles. The minimum Gasteiger partial charge on any atom is -0.498 e. The number of amides is 1. The topological polar surface area (TPSA) is 113 Å². The molecular weight excluding hydrogens is 373 g/mol. The highest BCUT2D eigenvalue weighted by atomic mass is 31.2. The molecule has 0 aliphatic carbocycles. The highest BCUT2D eigenvalue weighted by Gasteiger charge is 2.59. The molecule has 27 heavy (non-hydrogen) atoms. The first kappa shape index (κ1) is 21.6. The third kappa shape index (κ3) is 3.21. The number of carbonyl (C=O) groups is 2. The Balaban J connectivity index is 2.75. The van der Waals surface area contributed by atoms with E-state index in [2.05, 4.69) is 0 Å². The molecule has 0 saturated carbocycles. The average Bonchev–Trinajstić information content (AvgIpc) is 2.62. The maximum absolute atomic E-state index is 13.1. The predicted octanol–water partition coefficient (Wildman–Crippen LogP) is 1.61. The van der Waals surface area contributed by atoms with Crippen molar-refractivity contribution >= 4 is 25.0 Å². The van der Waals surface area contributed by atoms with E-state index < -0.39 is 29.7 Å². The second kappa shape index (κ2) is 7.72. The highest BCUT2D eigenvalue weighted by Crippen LogP contribution is 2.49. The van der Waals surface area contributed by atoms with Crippen LogP contribution in [0.2, 0.25) is 0 Å². The summed E-state index contributed by atoms with van der Waals surface area (Å²) in [4.78, 5) is 24.3. The zero-order valence-corrected chi connectivity index (χ0v) is 17.0. The van der Waals surface area contributed by atoms with Gasteiger partial charge in [0.15, 0.2) is 0 Å². The van der Waals surface area contributed by atoms with Crippen LogP contribution in [0.3, 0.4) is 0 Å². The van der Waals surface area contributed by atoms with Crippen LogP contribution in [-0.2, 0) is 30.4 Å². The van der Waals surface area contributed by atoms with E-state index in [1.807, 2.05) is 0 Å². The van der Waals surface area contributed by atoms with Crippen LogP contribution in [0.1, 0.15) is 38.8 Å².